The summed E-state index contributed by atoms with van der Waals surface area (Å²) in [6, 6.07) is 0. The van der Waals surface area contributed by atoms with Gasteiger partial charge in [0.1, 0.15) is 6.67 Å². The van der Waals surface area contributed by atoms with Crippen LogP contribution in [0.25, 0.3) is 0 Å². The minimum atomic E-state index is -1.55. The van der Waals surface area contributed by atoms with Crippen molar-refractivity contribution in [1.29, 1.82) is 0 Å². The molecule has 0 aromatic rings. The molecule has 0 aromatic heterocycles. The van der Waals surface area contributed by atoms with Gasteiger partial charge in [-0.3, -0.25) is 5.06 Å². The Bertz CT molecular complexity index is 303. The Labute approximate surface area is 100 Å². The quantitative estimate of drug-likeness (QED) is 0.730. The van der Waals surface area contributed by atoms with Gasteiger partial charge in [0, 0.05) is 12.3 Å². The third kappa shape index (κ3) is 5.48. The van der Waals surface area contributed by atoms with Crippen LogP contribution in [0.15, 0.2) is 17.3 Å². The van der Waals surface area contributed by atoms with E-state index < -0.39 is 16.6 Å². The van der Waals surface area contributed by atoms with Crippen molar-refractivity contribution in [1.82, 2.24) is 5.06 Å². The highest BCUT2D eigenvalue weighted by Gasteiger charge is 2.22. The van der Waals surface area contributed by atoms with Crippen molar-refractivity contribution in [2.75, 3.05) is 6.67 Å². The average Bonchev–Trinajstić information content (AvgIpc) is 2.03. The van der Waals surface area contributed by atoms with E-state index in [4.69, 9.17) is 8.95 Å². The van der Waals surface area contributed by atoms with Crippen LogP contribution in [0.5, 0.6) is 0 Å². The molecule has 1 aliphatic rings. The van der Waals surface area contributed by atoms with E-state index in [1.807, 2.05) is 12.3 Å². The molecule has 4 nitrogen and oxygen atoms in total. The molecule has 0 bridgehead atoms. The van der Waals surface area contributed by atoms with Gasteiger partial charge in [0.25, 0.3) is 0 Å². The molecule has 0 unspecified atom stereocenters. The number of nitrogens with zero attached hydrogens (tertiary/aromatic N) is 2. The molecule has 16 heavy (non-hydrogen) atoms. The van der Waals surface area contributed by atoms with Crippen LogP contribution in [-0.2, 0) is 8.95 Å². The Morgan fingerprint density at radius 1 is 1.12 bits per heavy atom. The van der Waals surface area contributed by atoms with Crippen molar-refractivity contribution in [3.8, 4) is 0 Å². The van der Waals surface area contributed by atoms with Gasteiger partial charge in [-0.2, -0.15) is 0 Å². The molecule has 1 rings (SSSR count). The first-order valence-corrected chi connectivity index (χ1v) is 12.3. The Morgan fingerprint density at radius 3 is 2.12 bits per heavy atom. The number of aliphatic imine (C=N–C) groups is 1. The minimum Gasteiger partial charge on any atom is -0.532 e. The first-order chi connectivity index (χ1) is 7.16. The molecule has 0 saturated carbocycles. The second kappa shape index (κ2) is 4.72. The van der Waals surface area contributed by atoms with Gasteiger partial charge in [0.05, 0.1) is 0 Å². The van der Waals surface area contributed by atoms with E-state index in [0.29, 0.717) is 6.67 Å². The standard InChI is InChI=1S/C10H22N2O2Si2/c1-15(2,3)13-10-7-8-12(9-11-10)14-16(4,5)6/h7-8H,9H2,1-6H3. The SMILES string of the molecule is C[Si](C)(C)OC1=NCN(O[Si](C)(C)C)C=C1. The lowest BCUT2D eigenvalue weighted by atomic mass is 10.5. The van der Waals surface area contributed by atoms with Gasteiger partial charge in [-0.05, 0) is 39.3 Å². The molecular weight excluding hydrogens is 236 g/mol. The van der Waals surface area contributed by atoms with Crippen molar-refractivity contribution in [2.45, 2.75) is 39.3 Å². The number of hydrogen-bond acceptors (Lipinski definition) is 4. The van der Waals surface area contributed by atoms with Crippen LogP contribution in [0, 0.1) is 0 Å². The summed E-state index contributed by atoms with van der Waals surface area (Å²) in [4.78, 5) is 4.35. The van der Waals surface area contributed by atoms with Crippen LogP contribution >= 0.6 is 0 Å². The van der Waals surface area contributed by atoms with E-state index in [1.54, 1.807) is 5.06 Å². The zero-order chi connectivity index (χ0) is 12.4. The Kier molecular flexibility index (Phi) is 3.98. The Hall–Kier alpha value is -0.596. The predicted molar refractivity (Wildman–Crippen MR) is 72.1 cm³/mol. The molecule has 0 spiro atoms. The smallest absolute Gasteiger partial charge is 0.244 e. The maximum atomic E-state index is 5.79. The number of hydroxylamine groups is 2. The lowest BCUT2D eigenvalue weighted by Crippen LogP contribution is -2.37. The summed E-state index contributed by atoms with van der Waals surface area (Å²) in [6.45, 7) is 13.4. The Balaban J connectivity index is 2.48. The van der Waals surface area contributed by atoms with Crippen molar-refractivity contribution in [3.05, 3.63) is 12.3 Å². The van der Waals surface area contributed by atoms with E-state index in [9.17, 15) is 0 Å². The molecule has 92 valence electrons. The van der Waals surface area contributed by atoms with E-state index >= 15 is 0 Å². The van der Waals surface area contributed by atoms with E-state index in [-0.39, 0.29) is 0 Å². The van der Waals surface area contributed by atoms with Crippen molar-refractivity contribution in [3.63, 3.8) is 0 Å². The summed E-state index contributed by atoms with van der Waals surface area (Å²) in [5.74, 6) is 0.731. The fourth-order valence-corrected chi connectivity index (χ4v) is 2.76. The minimum absolute atomic E-state index is 0.528. The molecule has 0 radical (unpaired) electrons. The van der Waals surface area contributed by atoms with Gasteiger partial charge < -0.3 is 8.95 Å². The molecular formula is C10H22N2O2Si2. The summed E-state index contributed by atoms with van der Waals surface area (Å²) >= 11 is 0. The van der Waals surface area contributed by atoms with Crippen LogP contribution in [0.1, 0.15) is 0 Å². The summed E-state index contributed by atoms with van der Waals surface area (Å²) in [7, 11) is -3.09. The van der Waals surface area contributed by atoms with Gasteiger partial charge in [0.15, 0.2) is 5.90 Å². The number of hydrogen-bond donors (Lipinski definition) is 0. The molecule has 1 heterocycles. The van der Waals surface area contributed by atoms with Crippen LogP contribution in [0.2, 0.25) is 39.3 Å². The summed E-state index contributed by atoms with van der Waals surface area (Å²) in [5, 5.41) is 1.78. The molecule has 0 N–H and O–H groups in total. The first kappa shape index (κ1) is 13.5. The summed E-state index contributed by atoms with van der Waals surface area (Å²) < 4.78 is 11.6. The van der Waals surface area contributed by atoms with Crippen LogP contribution in [0.3, 0.4) is 0 Å². The highest BCUT2D eigenvalue weighted by Crippen LogP contribution is 2.12. The molecule has 0 saturated heterocycles. The molecule has 0 amide bonds. The molecule has 0 atom stereocenters. The maximum Gasteiger partial charge on any atom is 0.244 e. The third-order valence-corrected chi connectivity index (χ3v) is 3.15. The van der Waals surface area contributed by atoms with Crippen molar-refractivity contribution >= 4 is 22.5 Å². The molecule has 1 aliphatic heterocycles. The molecule has 0 aliphatic carbocycles. The fourth-order valence-electron chi connectivity index (χ4n) is 1.18. The van der Waals surface area contributed by atoms with Gasteiger partial charge in [-0.15, -0.1) is 0 Å². The summed E-state index contributed by atoms with van der Waals surface area (Å²) in [6.07, 6.45) is 3.78. The maximum absolute atomic E-state index is 5.79. The second-order valence-electron chi connectivity index (χ2n) is 5.79. The zero-order valence-corrected chi connectivity index (χ0v) is 13.1. The fraction of sp³-hybridized carbons (Fsp3) is 0.700. The van der Waals surface area contributed by atoms with Gasteiger partial charge in [-0.1, -0.05) is 0 Å². The lowest BCUT2D eigenvalue weighted by Gasteiger charge is -2.29. The molecule has 0 fully saturated rings. The molecule has 0 aromatic carbocycles. The zero-order valence-electron chi connectivity index (χ0n) is 11.1. The largest absolute Gasteiger partial charge is 0.532 e. The van der Waals surface area contributed by atoms with Crippen LogP contribution in [0.4, 0.5) is 0 Å². The van der Waals surface area contributed by atoms with Gasteiger partial charge in [-0.25, -0.2) is 4.99 Å². The predicted octanol–water partition coefficient (Wildman–Crippen LogP) is 2.79. The lowest BCUT2D eigenvalue weighted by molar-refractivity contribution is -0.0158. The summed E-state index contributed by atoms with van der Waals surface area (Å²) in [5.41, 5.74) is 0. The van der Waals surface area contributed by atoms with Crippen LogP contribution < -0.4 is 0 Å². The van der Waals surface area contributed by atoms with Crippen molar-refractivity contribution in [2.24, 2.45) is 4.99 Å². The van der Waals surface area contributed by atoms with E-state index in [0.717, 1.165) is 5.90 Å². The van der Waals surface area contributed by atoms with Crippen molar-refractivity contribution < 1.29 is 8.95 Å². The van der Waals surface area contributed by atoms with E-state index in [1.165, 1.54) is 0 Å². The first-order valence-electron chi connectivity index (χ1n) is 5.53. The normalized spacial score (nSPS) is 17.4. The highest BCUT2D eigenvalue weighted by molar-refractivity contribution is 6.71. The topological polar surface area (TPSA) is 34.1 Å². The highest BCUT2D eigenvalue weighted by atomic mass is 28.4. The Morgan fingerprint density at radius 2 is 1.75 bits per heavy atom. The number of rotatable bonds is 3. The van der Waals surface area contributed by atoms with Gasteiger partial charge >= 0.3 is 0 Å². The third-order valence-electron chi connectivity index (χ3n) is 1.55. The molecule has 6 heteroatoms. The monoisotopic (exact) mass is 258 g/mol. The van der Waals surface area contributed by atoms with Crippen LogP contribution in [-0.4, -0.2) is 34.3 Å². The van der Waals surface area contributed by atoms with E-state index in [2.05, 4.69) is 44.3 Å². The average molecular weight is 258 g/mol. The second-order valence-corrected chi connectivity index (χ2v) is 14.6. The van der Waals surface area contributed by atoms with Gasteiger partial charge in [0.2, 0.25) is 16.6 Å².